The second kappa shape index (κ2) is 6.01. The molecule has 0 fully saturated rings. The molecule has 0 heterocycles. The van der Waals surface area contributed by atoms with Crippen molar-refractivity contribution in [3.05, 3.63) is 34.9 Å². The molecule has 1 amide bonds. The molecule has 1 rings (SSSR count). The molecule has 0 unspecified atom stereocenters. The number of aryl methyl sites for hydroxylation is 2. The predicted octanol–water partition coefficient (Wildman–Crippen LogP) is 2.29. The van der Waals surface area contributed by atoms with Gasteiger partial charge in [-0.3, -0.25) is 4.79 Å². The zero-order valence-electron chi connectivity index (χ0n) is 11.8. The van der Waals surface area contributed by atoms with Crippen molar-refractivity contribution in [3.63, 3.8) is 0 Å². The number of hydrogen-bond acceptors (Lipinski definition) is 2. The highest BCUT2D eigenvalue weighted by Crippen LogP contribution is 2.17. The molecule has 0 aliphatic heterocycles. The van der Waals surface area contributed by atoms with E-state index in [0.29, 0.717) is 19.5 Å². The Morgan fingerprint density at radius 1 is 1.28 bits per heavy atom. The fraction of sp³-hybridized carbons (Fsp3) is 0.533. The molecule has 0 saturated carbocycles. The number of amides is 1. The van der Waals surface area contributed by atoms with E-state index in [1.165, 1.54) is 11.1 Å². The number of hydrogen-bond donors (Lipinski definition) is 2. The normalized spacial score (nSPS) is 11.4. The molecular formula is C15H24N2O. The average Bonchev–Trinajstić information content (AvgIpc) is 2.30. The first kappa shape index (κ1) is 14.7. The summed E-state index contributed by atoms with van der Waals surface area (Å²) in [6, 6.07) is 6.25. The van der Waals surface area contributed by atoms with E-state index < -0.39 is 0 Å². The summed E-state index contributed by atoms with van der Waals surface area (Å²) >= 11 is 0. The number of benzene rings is 1. The van der Waals surface area contributed by atoms with Crippen LogP contribution in [0.2, 0.25) is 0 Å². The second-order valence-corrected chi connectivity index (χ2v) is 5.74. The first-order valence-electron chi connectivity index (χ1n) is 6.37. The monoisotopic (exact) mass is 248 g/mol. The van der Waals surface area contributed by atoms with E-state index in [2.05, 4.69) is 37.4 Å². The number of rotatable bonds is 5. The van der Waals surface area contributed by atoms with Gasteiger partial charge in [0, 0.05) is 13.0 Å². The van der Waals surface area contributed by atoms with E-state index >= 15 is 0 Å². The van der Waals surface area contributed by atoms with Crippen molar-refractivity contribution in [3.8, 4) is 0 Å². The van der Waals surface area contributed by atoms with Crippen molar-refractivity contribution < 1.29 is 4.79 Å². The van der Waals surface area contributed by atoms with Crippen LogP contribution < -0.4 is 11.1 Å². The lowest BCUT2D eigenvalue weighted by Gasteiger charge is -2.21. The summed E-state index contributed by atoms with van der Waals surface area (Å²) in [7, 11) is 0. The molecule has 0 bridgehead atoms. The Hall–Kier alpha value is -1.35. The number of carbonyl (C=O) groups excluding carboxylic acids is 1. The number of nitrogens with two attached hydrogens (primary N) is 1. The minimum absolute atomic E-state index is 0.0590. The highest BCUT2D eigenvalue weighted by atomic mass is 16.1. The van der Waals surface area contributed by atoms with Gasteiger partial charge >= 0.3 is 0 Å². The minimum Gasteiger partial charge on any atom is -0.352 e. The van der Waals surface area contributed by atoms with Gasteiger partial charge in [-0.25, -0.2) is 0 Å². The summed E-state index contributed by atoms with van der Waals surface area (Å²) < 4.78 is 0. The lowest BCUT2D eigenvalue weighted by atomic mass is 9.89. The maximum absolute atomic E-state index is 11.8. The van der Waals surface area contributed by atoms with Crippen molar-refractivity contribution in [1.29, 1.82) is 0 Å². The molecule has 3 N–H and O–H groups in total. The summed E-state index contributed by atoms with van der Waals surface area (Å²) in [5, 5.41) is 2.94. The third kappa shape index (κ3) is 4.49. The van der Waals surface area contributed by atoms with E-state index in [-0.39, 0.29) is 11.3 Å². The Morgan fingerprint density at radius 2 is 1.94 bits per heavy atom. The van der Waals surface area contributed by atoms with Crippen LogP contribution in [-0.2, 0) is 11.3 Å². The number of carbonyl (C=O) groups is 1. The Morgan fingerprint density at radius 3 is 2.50 bits per heavy atom. The van der Waals surface area contributed by atoms with Gasteiger partial charge in [-0.2, -0.15) is 0 Å². The number of nitrogens with one attached hydrogen (secondary N) is 1. The van der Waals surface area contributed by atoms with Crippen molar-refractivity contribution in [2.45, 2.75) is 40.7 Å². The van der Waals surface area contributed by atoms with Crippen molar-refractivity contribution in [2.75, 3.05) is 6.54 Å². The maximum Gasteiger partial charge on any atom is 0.220 e. The Bertz CT molecular complexity index is 425. The van der Waals surface area contributed by atoms with Gasteiger partial charge < -0.3 is 11.1 Å². The van der Waals surface area contributed by atoms with Gasteiger partial charge in [-0.05, 0) is 42.5 Å². The third-order valence-electron chi connectivity index (χ3n) is 3.25. The van der Waals surface area contributed by atoms with Gasteiger partial charge in [0.05, 0.1) is 0 Å². The zero-order chi connectivity index (χ0) is 13.8. The van der Waals surface area contributed by atoms with E-state index in [0.717, 1.165) is 5.56 Å². The summed E-state index contributed by atoms with van der Waals surface area (Å²) in [5.74, 6) is 0.0590. The fourth-order valence-corrected chi connectivity index (χ4v) is 1.68. The Labute approximate surface area is 110 Å². The summed E-state index contributed by atoms with van der Waals surface area (Å²) in [5.41, 5.74) is 9.15. The van der Waals surface area contributed by atoms with Crippen LogP contribution in [0.1, 0.15) is 37.0 Å². The largest absolute Gasteiger partial charge is 0.352 e. The summed E-state index contributed by atoms with van der Waals surface area (Å²) in [4.78, 5) is 11.8. The van der Waals surface area contributed by atoms with Crippen LogP contribution in [0, 0.1) is 19.3 Å². The summed E-state index contributed by atoms with van der Waals surface area (Å²) in [6.45, 7) is 9.27. The lowest BCUT2D eigenvalue weighted by molar-refractivity contribution is -0.123. The molecule has 100 valence electrons. The molecule has 0 aliphatic rings. The lowest BCUT2D eigenvalue weighted by Crippen LogP contribution is -2.32. The molecule has 0 saturated heterocycles. The van der Waals surface area contributed by atoms with Crippen LogP contribution in [0.3, 0.4) is 0 Å². The van der Waals surface area contributed by atoms with Gasteiger partial charge in [0.25, 0.3) is 0 Å². The van der Waals surface area contributed by atoms with Crippen molar-refractivity contribution >= 4 is 5.91 Å². The molecule has 0 aliphatic carbocycles. The third-order valence-corrected chi connectivity index (χ3v) is 3.25. The molecule has 3 nitrogen and oxygen atoms in total. The van der Waals surface area contributed by atoms with E-state index in [1.807, 2.05) is 13.8 Å². The fourth-order valence-electron chi connectivity index (χ4n) is 1.68. The van der Waals surface area contributed by atoms with E-state index in [4.69, 9.17) is 5.73 Å². The highest BCUT2D eigenvalue weighted by molar-refractivity contribution is 5.76. The second-order valence-electron chi connectivity index (χ2n) is 5.74. The average molecular weight is 248 g/mol. The van der Waals surface area contributed by atoms with Gasteiger partial charge in [0.15, 0.2) is 0 Å². The van der Waals surface area contributed by atoms with Gasteiger partial charge in [-0.15, -0.1) is 0 Å². The van der Waals surface area contributed by atoms with E-state index in [1.54, 1.807) is 0 Å². The molecule has 3 heteroatoms. The predicted molar refractivity (Wildman–Crippen MR) is 75.2 cm³/mol. The maximum atomic E-state index is 11.8. The standard InChI is InChI=1S/C15H24N2O/c1-11-5-6-13(7-12(11)2)9-17-14(18)8-15(3,4)10-16/h5-7H,8-10,16H2,1-4H3,(H,17,18). The molecule has 0 atom stereocenters. The summed E-state index contributed by atoms with van der Waals surface area (Å²) in [6.07, 6.45) is 0.467. The van der Waals surface area contributed by atoms with Crippen molar-refractivity contribution in [1.82, 2.24) is 5.32 Å². The van der Waals surface area contributed by atoms with Crippen LogP contribution in [-0.4, -0.2) is 12.5 Å². The minimum atomic E-state index is -0.132. The van der Waals surface area contributed by atoms with Gasteiger partial charge in [0.1, 0.15) is 0 Å². The zero-order valence-corrected chi connectivity index (χ0v) is 11.8. The first-order valence-corrected chi connectivity index (χ1v) is 6.37. The smallest absolute Gasteiger partial charge is 0.220 e. The first-order chi connectivity index (χ1) is 8.34. The van der Waals surface area contributed by atoms with Crippen LogP contribution in [0.25, 0.3) is 0 Å². The molecule has 1 aromatic carbocycles. The quantitative estimate of drug-likeness (QED) is 0.840. The highest BCUT2D eigenvalue weighted by Gasteiger charge is 2.19. The van der Waals surface area contributed by atoms with Gasteiger partial charge in [0.2, 0.25) is 5.91 Å². The Kier molecular flexibility index (Phi) is 4.91. The van der Waals surface area contributed by atoms with Crippen LogP contribution in [0.4, 0.5) is 0 Å². The molecule has 0 aromatic heterocycles. The SMILES string of the molecule is Cc1ccc(CNC(=O)CC(C)(C)CN)cc1C. The molecule has 1 aromatic rings. The molecule has 18 heavy (non-hydrogen) atoms. The topological polar surface area (TPSA) is 55.1 Å². The van der Waals surface area contributed by atoms with Gasteiger partial charge in [-0.1, -0.05) is 32.0 Å². The Balaban J connectivity index is 2.50. The molecule has 0 radical (unpaired) electrons. The van der Waals surface area contributed by atoms with E-state index in [9.17, 15) is 4.79 Å². The van der Waals surface area contributed by atoms with Crippen LogP contribution >= 0.6 is 0 Å². The molecular weight excluding hydrogens is 224 g/mol. The van der Waals surface area contributed by atoms with Crippen LogP contribution in [0.5, 0.6) is 0 Å². The van der Waals surface area contributed by atoms with Crippen LogP contribution in [0.15, 0.2) is 18.2 Å². The molecule has 0 spiro atoms. The van der Waals surface area contributed by atoms with Crippen molar-refractivity contribution in [2.24, 2.45) is 11.1 Å².